The lowest BCUT2D eigenvalue weighted by atomic mass is 10.1. The van der Waals surface area contributed by atoms with Crippen molar-refractivity contribution in [3.63, 3.8) is 0 Å². The summed E-state index contributed by atoms with van der Waals surface area (Å²) < 4.78 is 1.40. The second-order valence-corrected chi connectivity index (χ2v) is 7.49. The second-order valence-electron chi connectivity index (χ2n) is 7.49. The summed E-state index contributed by atoms with van der Waals surface area (Å²) in [5, 5.41) is 5.65. The van der Waals surface area contributed by atoms with Gasteiger partial charge in [-0.15, -0.1) is 0 Å². The van der Waals surface area contributed by atoms with Crippen molar-refractivity contribution >= 4 is 22.4 Å². The van der Waals surface area contributed by atoms with Crippen molar-refractivity contribution in [1.29, 1.82) is 0 Å². The average molecular weight is 412 g/mol. The molecule has 1 heterocycles. The first-order chi connectivity index (χ1) is 15.2. The van der Waals surface area contributed by atoms with Crippen molar-refractivity contribution in [1.82, 2.24) is 9.78 Å². The van der Waals surface area contributed by atoms with Crippen LogP contribution in [0.5, 0.6) is 0 Å². The number of carbonyl (C=O) groups excluding carboxylic acids is 1. The van der Waals surface area contributed by atoms with Gasteiger partial charge >= 0.3 is 0 Å². The highest BCUT2D eigenvalue weighted by atomic mass is 16.2. The fraction of sp³-hybridized carbons (Fsp3) is 0.192. The van der Waals surface area contributed by atoms with Crippen LogP contribution in [0.4, 0.5) is 5.69 Å². The van der Waals surface area contributed by atoms with Crippen molar-refractivity contribution in [3.05, 3.63) is 107 Å². The minimum absolute atomic E-state index is 0.197. The van der Waals surface area contributed by atoms with Crippen LogP contribution in [0.1, 0.15) is 35.8 Å². The fourth-order valence-electron chi connectivity index (χ4n) is 3.66. The highest BCUT2D eigenvalue weighted by Gasteiger charge is 2.23. The zero-order chi connectivity index (χ0) is 21.6. The number of fused-ring (bicyclic) bond motifs is 1. The molecule has 0 spiro atoms. The zero-order valence-electron chi connectivity index (χ0n) is 17.6. The SMILES string of the molecule is CCCCN(C(=O)c1nn(Cc2ccccc2)c(=O)c2ccccc12)c1ccccc1. The molecule has 31 heavy (non-hydrogen) atoms. The van der Waals surface area contributed by atoms with Crippen LogP contribution in [0.2, 0.25) is 0 Å². The normalized spacial score (nSPS) is 10.9. The van der Waals surface area contributed by atoms with Crippen molar-refractivity contribution in [2.24, 2.45) is 0 Å². The van der Waals surface area contributed by atoms with E-state index in [-0.39, 0.29) is 11.5 Å². The van der Waals surface area contributed by atoms with Crippen molar-refractivity contribution in [3.8, 4) is 0 Å². The van der Waals surface area contributed by atoms with E-state index in [4.69, 9.17) is 0 Å². The number of benzene rings is 3. The van der Waals surface area contributed by atoms with E-state index in [0.717, 1.165) is 24.1 Å². The molecule has 0 fully saturated rings. The minimum atomic E-state index is -0.198. The molecule has 0 bridgehead atoms. The molecule has 0 atom stereocenters. The Kier molecular flexibility index (Phi) is 6.22. The van der Waals surface area contributed by atoms with E-state index in [1.54, 1.807) is 17.0 Å². The lowest BCUT2D eigenvalue weighted by Gasteiger charge is -2.23. The van der Waals surface area contributed by atoms with Crippen molar-refractivity contribution in [2.45, 2.75) is 26.3 Å². The van der Waals surface area contributed by atoms with Gasteiger partial charge in [0, 0.05) is 17.6 Å². The number of nitrogens with zero attached hydrogens (tertiary/aromatic N) is 3. The van der Waals surface area contributed by atoms with Crippen LogP contribution in [0.25, 0.3) is 10.8 Å². The van der Waals surface area contributed by atoms with Gasteiger partial charge in [0.2, 0.25) is 0 Å². The van der Waals surface area contributed by atoms with Gasteiger partial charge in [0.05, 0.1) is 11.9 Å². The molecule has 0 N–H and O–H groups in total. The lowest BCUT2D eigenvalue weighted by molar-refractivity contribution is 0.0981. The molecule has 0 aliphatic heterocycles. The molecule has 4 rings (SSSR count). The second kappa shape index (κ2) is 9.39. The van der Waals surface area contributed by atoms with Gasteiger partial charge in [0.1, 0.15) is 0 Å². The summed E-state index contributed by atoms with van der Waals surface area (Å²) in [4.78, 5) is 28.6. The third kappa shape index (κ3) is 4.40. The van der Waals surface area contributed by atoms with Gasteiger partial charge in [-0.1, -0.05) is 80.1 Å². The van der Waals surface area contributed by atoms with Crippen LogP contribution in [0.3, 0.4) is 0 Å². The van der Waals surface area contributed by atoms with Gasteiger partial charge in [0.25, 0.3) is 11.5 Å². The number of hydrogen-bond acceptors (Lipinski definition) is 3. The maximum absolute atomic E-state index is 13.7. The number of unbranched alkanes of at least 4 members (excludes halogenated alkanes) is 1. The molecule has 0 radical (unpaired) electrons. The molecule has 0 saturated heterocycles. The summed E-state index contributed by atoms with van der Waals surface area (Å²) in [5.41, 5.74) is 1.88. The fourth-order valence-corrected chi connectivity index (χ4v) is 3.66. The first-order valence-electron chi connectivity index (χ1n) is 10.6. The highest BCUT2D eigenvalue weighted by Crippen LogP contribution is 2.21. The van der Waals surface area contributed by atoms with Gasteiger partial charge < -0.3 is 4.90 Å². The minimum Gasteiger partial charge on any atom is -0.307 e. The molecule has 156 valence electrons. The summed E-state index contributed by atoms with van der Waals surface area (Å²) >= 11 is 0. The van der Waals surface area contributed by atoms with E-state index in [1.807, 2.05) is 72.8 Å². The Morgan fingerprint density at radius 2 is 1.48 bits per heavy atom. The summed E-state index contributed by atoms with van der Waals surface area (Å²) in [6.45, 7) is 3.00. The van der Waals surface area contributed by atoms with Crippen LogP contribution >= 0.6 is 0 Å². The molecule has 0 unspecified atom stereocenters. The van der Waals surface area contributed by atoms with Gasteiger partial charge in [-0.25, -0.2) is 4.68 Å². The van der Waals surface area contributed by atoms with Crippen LogP contribution in [0.15, 0.2) is 89.7 Å². The van der Waals surface area contributed by atoms with E-state index >= 15 is 0 Å². The Morgan fingerprint density at radius 3 is 2.16 bits per heavy atom. The number of rotatable bonds is 7. The van der Waals surface area contributed by atoms with Gasteiger partial charge in [-0.3, -0.25) is 9.59 Å². The molecule has 1 aromatic heterocycles. The molecule has 5 nitrogen and oxygen atoms in total. The molecule has 5 heteroatoms. The number of anilines is 1. The Balaban J connectivity index is 1.84. The van der Waals surface area contributed by atoms with E-state index in [2.05, 4.69) is 12.0 Å². The van der Waals surface area contributed by atoms with Gasteiger partial charge in [0.15, 0.2) is 5.69 Å². The number of aromatic nitrogens is 2. The van der Waals surface area contributed by atoms with Gasteiger partial charge in [-0.2, -0.15) is 5.10 Å². The third-order valence-electron chi connectivity index (χ3n) is 5.29. The molecular weight excluding hydrogens is 386 g/mol. The van der Waals surface area contributed by atoms with E-state index in [1.165, 1.54) is 4.68 Å². The average Bonchev–Trinajstić information content (AvgIpc) is 2.82. The monoisotopic (exact) mass is 411 g/mol. The smallest absolute Gasteiger partial charge is 0.279 e. The Morgan fingerprint density at radius 1 is 0.871 bits per heavy atom. The number of amides is 1. The summed E-state index contributed by atoms with van der Waals surface area (Å²) in [6.07, 6.45) is 1.85. The first-order valence-corrected chi connectivity index (χ1v) is 10.6. The van der Waals surface area contributed by atoms with Crippen LogP contribution in [-0.2, 0) is 6.54 Å². The molecule has 0 saturated carbocycles. The van der Waals surface area contributed by atoms with E-state index in [0.29, 0.717) is 29.6 Å². The highest BCUT2D eigenvalue weighted by molar-refractivity contribution is 6.12. The molecule has 4 aromatic rings. The quantitative estimate of drug-likeness (QED) is 0.435. The number of para-hydroxylation sites is 1. The standard InChI is InChI=1S/C26H25N3O2/c1-2-3-18-28(21-14-8-5-9-15-21)26(31)24-22-16-10-11-17-23(22)25(30)29(27-24)19-20-12-6-4-7-13-20/h4-17H,2-3,18-19H2,1H3. The lowest BCUT2D eigenvalue weighted by Crippen LogP contribution is -2.35. The predicted octanol–water partition coefficient (Wildman–Crippen LogP) is 4.89. The van der Waals surface area contributed by atoms with Gasteiger partial charge in [-0.05, 0) is 30.2 Å². The maximum atomic E-state index is 13.7. The molecular formula is C26H25N3O2. The Hall–Kier alpha value is -3.73. The first kappa shape index (κ1) is 20.5. The maximum Gasteiger partial charge on any atom is 0.279 e. The summed E-state index contributed by atoms with van der Waals surface area (Å²) in [6, 6.07) is 26.5. The van der Waals surface area contributed by atoms with Crippen molar-refractivity contribution < 1.29 is 4.79 Å². The summed E-state index contributed by atoms with van der Waals surface area (Å²) in [7, 11) is 0. The van der Waals surface area contributed by atoms with Crippen LogP contribution in [0, 0.1) is 0 Å². The molecule has 1 amide bonds. The Labute approximate surface area is 181 Å². The third-order valence-corrected chi connectivity index (χ3v) is 5.29. The summed E-state index contributed by atoms with van der Waals surface area (Å²) in [5.74, 6) is -0.197. The van der Waals surface area contributed by atoms with E-state index in [9.17, 15) is 9.59 Å². The molecule has 0 aliphatic rings. The number of hydrogen-bond donors (Lipinski definition) is 0. The predicted molar refractivity (Wildman–Crippen MR) is 125 cm³/mol. The zero-order valence-corrected chi connectivity index (χ0v) is 17.6. The topological polar surface area (TPSA) is 55.2 Å². The molecule has 0 aliphatic carbocycles. The Bertz CT molecular complexity index is 1230. The number of carbonyl (C=O) groups is 1. The van der Waals surface area contributed by atoms with E-state index < -0.39 is 0 Å². The largest absolute Gasteiger partial charge is 0.307 e. The van der Waals surface area contributed by atoms with Crippen LogP contribution in [-0.4, -0.2) is 22.2 Å². The van der Waals surface area contributed by atoms with Crippen LogP contribution < -0.4 is 10.5 Å². The van der Waals surface area contributed by atoms with Crippen molar-refractivity contribution in [2.75, 3.05) is 11.4 Å². The molecule has 3 aromatic carbocycles.